The van der Waals surface area contributed by atoms with Gasteiger partial charge in [-0.05, 0) is 57.9 Å². The monoisotopic (exact) mass is 456 g/mol. The Morgan fingerprint density at radius 2 is 1.87 bits per heavy atom. The maximum Gasteiger partial charge on any atom is 0.390 e. The van der Waals surface area contributed by atoms with E-state index in [2.05, 4.69) is 27.6 Å². The van der Waals surface area contributed by atoms with Crippen LogP contribution >= 0.6 is 11.6 Å². The molecule has 3 saturated carbocycles. The fourth-order valence-corrected chi connectivity index (χ4v) is 5.32. The molecule has 0 spiro atoms. The molecule has 1 heterocycles. The average Bonchev–Trinajstić information content (AvgIpc) is 2.88. The van der Waals surface area contributed by atoms with Crippen LogP contribution in [-0.4, -0.2) is 53.5 Å². The number of benzene rings is 1. The minimum Gasteiger partial charge on any atom is -0.366 e. The molecule has 3 fully saturated rings. The molecular weight excluding hydrogens is 429 g/mol. The summed E-state index contributed by atoms with van der Waals surface area (Å²) in [4.78, 5) is 19.5. The quantitative estimate of drug-likeness (QED) is 0.654. The van der Waals surface area contributed by atoms with Crippen molar-refractivity contribution in [2.45, 2.75) is 69.4 Å². The van der Waals surface area contributed by atoms with Crippen LogP contribution in [0.4, 0.5) is 13.2 Å². The molecular formula is C22H28ClF3N4O. The van der Waals surface area contributed by atoms with Gasteiger partial charge in [0.15, 0.2) is 6.04 Å². The van der Waals surface area contributed by atoms with Crippen LogP contribution in [0.5, 0.6) is 0 Å². The van der Waals surface area contributed by atoms with Gasteiger partial charge < -0.3 is 10.6 Å². The molecule has 0 aromatic heterocycles. The van der Waals surface area contributed by atoms with Crippen molar-refractivity contribution in [3.63, 3.8) is 0 Å². The fraction of sp³-hybridized carbons (Fsp3) is 0.636. The second-order valence-electron chi connectivity index (χ2n) is 9.90. The highest BCUT2D eigenvalue weighted by atomic mass is 35.5. The Kier molecular flexibility index (Phi) is 5.33. The Morgan fingerprint density at radius 3 is 2.45 bits per heavy atom. The van der Waals surface area contributed by atoms with Crippen LogP contribution in [-0.2, 0) is 11.3 Å². The Hall–Kier alpha value is -1.80. The summed E-state index contributed by atoms with van der Waals surface area (Å²) in [6.45, 7) is 4.14. The smallest absolute Gasteiger partial charge is 0.366 e. The molecule has 0 saturated heterocycles. The maximum absolute atomic E-state index is 12.5. The van der Waals surface area contributed by atoms with Crippen LogP contribution in [0, 0.1) is 5.41 Å². The van der Waals surface area contributed by atoms with Gasteiger partial charge in [-0.3, -0.25) is 14.7 Å². The molecule has 1 aliphatic heterocycles. The summed E-state index contributed by atoms with van der Waals surface area (Å²) in [7, 11) is 2.13. The highest BCUT2D eigenvalue weighted by molar-refractivity contribution is 6.30. The zero-order chi connectivity index (χ0) is 22.7. The summed E-state index contributed by atoms with van der Waals surface area (Å²) in [5.41, 5.74) is 0.668. The first-order valence-electron chi connectivity index (χ1n) is 10.5. The number of halogens is 4. The van der Waals surface area contributed by atoms with E-state index in [9.17, 15) is 18.0 Å². The normalized spacial score (nSPS) is 30.8. The third-order valence-electron chi connectivity index (χ3n) is 6.99. The van der Waals surface area contributed by atoms with Crippen molar-refractivity contribution in [2.75, 3.05) is 13.6 Å². The first-order valence-corrected chi connectivity index (χ1v) is 10.9. The molecule has 0 radical (unpaired) electrons. The van der Waals surface area contributed by atoms with Crippen LogP contribution in [0.15, 0.2) is 29.3 Å². The topological polar surface area (TPSA) is 56.7 Å². The number of nitrogens with one attached hydrogen (secondary N) is 2. The van der Waals surface area contributed by atoms with Gasteiger partial charge in [0.1, 0.15) is 5.84 Å². The predicted octanol–water partition coefficient (Wildman–Crippen LogP) is 3.91. The summed E-state index contributed by atoms with van der Waals surface area (Å²) in [6.07, 6.45) is -2.43. The molecule has 31 heavy (non-hydrogen) atoms. The van der Waals surface area contributed by atoms with Crippen molar-refractivity contribution in [2.24, 2.45) is 10.4 Å². The van der Waals surface area contributed by atoms with E-state index in [1.807, 2.05) is 38.1 Å². The van der Waals surface area contributed by atoms with Crippen LogP contribution < -0.4 is 10.6 Å². The highest BCUT2D eigenvalue weighted by Gasteiger charge is 2.72. The standard InChI is InChI=1S/C22H28ClF3N4O/c1-19(2)16(17(31)27-9-8-22(24,25)26)28-18(29-19)20-11-21(12-20,13-20)30(3)10-14-4-6-15(23)7-5-14/h4-7,16H,8-13H2,1-3H3,(H,27,31)(H,28,29)/t16-,20?,21?/m0/s1. The minimum absolute atomic E-state index is 0.0491. The summed E-state index contributed by atoms with van der Waals surface area (Å²) in [6, 6.07) is 7.13. The number of hydrogen-bond acceptors (Lipinski definition) is 4. The highest BCUT2D eigenvalue weighted by Crippen LogP contribution is 2.70. The molecule has 2 N–H and O–H groups in total. The molecule has 4 aliphatic rings. The Morgan fingerprint density at radius 1 is 1.26 bits per heavy atom. The molecule has 1 amide bonds. The zero-order valence-electron chi connectivity index (χ0n) is 17.9. The first-order chi connectivity index (χ1) is 14.3. The number of hydrogen-bond donors (Lipinski definition) is 2. The number of alkyl halides is 3. The van der Waals surface area contributed by atoms with E-state index in [4.69, 9.17) is 11.6 Å². The van der Waals surface area contributed by atoms with Gasteiger partial charge in [-0.2, -0.15) is 13.2 Å². The number of amides is 1. The third kappa shape index (κ3) is 4.16. The number of aliphatic imine (C=N–C) groups is 1. The summed E-state index contributed by atoms with van der Waals surface area (Å²) >= 11 is 5.97. The van der Waals surface area contributed by atoms with E-state index in [1.54, 1.807) is 0 Å². The predicted molar refractivity (Wildman–Crippen MR) is 114 cm³/mol. The molecule has 9 heteroatoms. The molecule has 5 nitrogen and oxygen atoms in total. The van der Waals surface area contributed by atoms with Crippen molar-refractivity contribution in [3.05, 3.63) is 34.9 Å². The van der Waals surface area contributed by atoms with Gasteiger partial charge in [0.25, 0.3) is 0 Å². The number of amidine groups is 1. The lowest BCUT2D eigenvalue weighted by Gasteiger charge is -2.73. The van der Waals surface area contributed by atoms with Crippen molar-refractivity contribution < 1.29 is 18.0 Å². The average molecular weight is 457 g/mol. The maximum atomic E-state index is 12.5. The van der Waals surface area contributed by atoms with Gasteiger partial charge in [-0.1, -0.05) is 23.7 Å². The lowest BCUT2D eigenvalue weighted by atomic mass is 9.38. The van der Waals surface area contributed by atoms with Gasteiger partial charge in [0.05, 0.1) is 12.0 Å². The van der Waals surface area contributed by atoms with E-state index >= 15 is 0 Å². The van der Waals surface area contributed by atoms with Crippen molar-refractivity contribution in [1.82, 2.24) is 15.5 Å². The molecule has 170 valence electrons. The molecule has 2 bridgehead atoms. The molecule has 3 aliphatic carbocycles. The Labute approximate surface area is 185 Å². The number of carbonyl (C=O) groups excluding carboxylic acids is 1. The number of rotatable bonds is 7. The molecule has 1 aromatic rings. The van der Waals surface area contributed by atoms with Crippen LogP contribution in [0.1, 0.15) is 45.1 Å². The second kappa shape index (κ2) is 7.37. The number of nitrogens with zero attached hydrogens (tertiary/aromatic N) is 2. The molecule has 0 unspecified atom stereocenters. The lowest BCUT2D eigenvalue weighted by Crippen LogP contribution is -2.77. The first kappa shape index (κ1) is 22.4. The van der Waals surface area contributed by atoms with E-state index in [0.29, 0.717) is 0 Å². The second-order valence-corrected chi connectivity index (χ2v) is 10.3. The van der Waals surface area contributed by atoms with Gasteiger partial charge in [0, 0.05) is 29.1 Å². The van der Waals surface area contributed by atoms with Crippen LogP contribution in [0.3, 0.4) is 0 Å². The minimum atomic E-state index is -4.29. The lowest BCUT2D eigenvalue weighted by molar-refractivity contribution is -0.175. The van der Waals surface area contributed by atoms with E-state index in [-0.39, 0.29) is 11.0 Å². The fourth-order valence-electron chi connectivity index (χ4n) is 5.20. The molecule has 1 aromatic carbocycles. The zero-order valence-corrected chi connectivity index (χ0v) is 18.7. The van der Waals surface area contributed by atoms with E-state index < -0.39 is 36.6 Å². The summed E-state index contributed by atoms with van der Waals surface area (Å²) in [5, 5.41) is 6.51. The van der Waals surface area contributed by atoms with Gasteiger partial charge >= 0.3 is 6.18 Å². The Balaban J connectivity index is 1.35. The summed E-state index contributed by atoms with van der Waals surface area (Å²) in [5.74, 6) is 0.369. The summed E-state index contributed by atoms with van der Waals surface area (Å²) < 4.78 is 37.1. The van der Waals surface area contributed by atoms with Crippen LogP contribution in [0.25, 0.3) is 0 Å². The van der Waals surface area contributed by atoms with Crippen molar-refractivity contribution in [1.29, 1.82) is 0 Å². The van der Waals surface area contributed by atoms with Gasteiger partial charge in [-0.15, -0.1) is 0 Å². The Bertz CT molecular complexity index is 877. The largest absolute Gasteiger partial charge is 0.390 e. The van der Waals surface area contributed by atoms with Crippen molar-refractivity contribution in [3.8, 4) is 0 Å². The number of carbonyl (C=O) groups is 1. The SMILES string of the molecule is CN(Cc1ccc(Cl)cc1)C12CC(C3=N[C@@H](C(=O)NCCC(F)(F)F)C(C)(C)N3)(C1)C2. The van der Waals surface area contributed by atoms with E-state index in [1.165, 1.54) is 5.56 Å². The third-order valence-corrected chi connectivity index (χ3v) is 7.24. The van der Waals surface area contributed by atoms with Gasteiger partial charge in [0.2, 0.25) is 5.91 Å². The van der Waals surface area contributed by atoms with Crippen molar-refractivity contribution >= 4 is 23.3 Å². The van der Waals surface area contributed by atoms with E-state index in [0.717, 1.165) is 36.7 Å². The molecule has 1 atom stereocenters. The molecule has 5 rings (SSSR count). The van der Waals surface area contributed by atoms with Gasteiger partial charge in [-0.25, -0.2) is 0 Å². The van der Waals surface area contributed by atoms with Crippen LogP contribution in [0.2, 0.25) is 5.02 Å².